The van der Waals surface area contributed by atoms with Crippen LogP contribution in [0.3, 0.4) is 0 Å². The summed E-state index contributed by atoms with van der Waals surface area (Å²) < 4.78 is 14.2. The molecule has 2 heterocycles. The van der Waals surface area contributed by atoms with Crippen LogP contribution in [0.25, 0.3) is 10.8 Å². The van der Waals surface area contributed by atoms with Crippen LogP contribution in [0.1, 0.15) is 30.9 Å². The molecule has 198 valence electrons. The molecule has 3 aromatic rings. The Morgan fingerprint density at radius 3 is 2.50 bits per heavy atom. The van der Waals surface area contributed by atoms with Crippen LogP contribution in [-0.4, -0.2) is 69.8 Å². The van der Waals surface area contributed by atoms with E-state index in [-0.39, 0.29) is 31.4 Å². The van der Waals surface area contributed by atoms with Crippen molar-refractivity contribution in [1.82, 2.24) is 25.1 Å². The van der Waals surface area contributed by atoms with Crippen molar-refractivity contribution in [3.63, 3.8) is 0 Å². The van der Waals surface area contributed by atoms with Gasteiger partial charge >= 0.3 is 6.03 Å². The standard InChI is InChI=1S/C29H32FN5O3/c1-2-9-25-28(37)32(17-23-14-8-13-22-12-6-7-15-24(22)23)18-26-34(25)27(36)19-33(20-30)35(26)29(38)31-16-21-10-4-3-5-11-21/h3-8,10-15,25-26H,2,9,16-20H2,1H3,(H,31,38)/t25-,26-/m0/s1. The maximum Gasteiger partial charge on any atom is 0.334 e. The molecule has 38 heavy (non-hydrogen) atoms. The number of alkyl halides is 1. The zero-order valence-corrected chi connectivity index (χ0v) is 21.4. The van der Waals surface area contributed by atoms with Gasteiger partial charge in [-0.25, -0.2) is 14.2 Å². The number of fused-ring (bicyclic) bond motifs is 2. The maximum atomic E-state index is 14.2. The number of rotatable bonds is 7. The van der Waals surface area contributed by atoms with Crippen molar-refractivity contribution in [2.45, 2.75) is 45.1 Å². The third kappa shape index (κ3) is 4.93. The Balaban J connectivity index is 1.46. The van der Waals surface area contributed by atoms with Crippen molar-refractivity contribution in [3.8, 4) is 0 Å². The summed E-state index contributed by atoms with van der Waals surface area (Å²) in [6.07, 6.45) is 0.330. The Morgan fingerprint density at radius 1 is 1.00 bits per heavy atom. The van der Waals surface area contributed by atoms with Gasteiger partial charge in [0.15, 0.2) is 6.80 Å². The van der Waals surface area contributed by atoms with E-state index in [9.17, 15) is 18.8 Å². The topological polar surface area (TPSA) is 76.2 Å². The van der Waals surface area contributed by atoms with E-state index in [0.29, 0.717) is 19.4 Å². The Kier molecular flexibility index (Phi) is 7.55. The van der Waals surface area contributed by atoms with Gasteiger partial charge in [0.1, 0.15) is 18.8 Å². The zero-order valence-electron chi connectivity index (χ0n) is 21.4. The molecular weight excluding hydrogens is 485 g/mol. The van der Waals surface area contributed by atoms with Gasteiger partial charge in [0, 0.05) is 13.1 Å². The van der Waals surface area contributed by atoms with Gasteiger partial charge in [0.2, 0.25) is 11.8 Å². The number of piperazine rings is 1. The van der Waals surface area contributed by atoms with Crippen LogP contribution in [0.15, 0.2) is 72.8 Å². The van der Waals surface area contributed by atoms with Crippen LogP contribution in [0.4, 0.5) is 9.18 Å². The molecule has 2 atom stereocenters. The Bertz CT molecular complexity index is 1310. The summed E-state index contributed by atoms with van der Waals surface area (Å²) in [4.78, 5) is 43.6. The molecule has 0 unspecified atom stereocenters. The van der Waals surface area contributed by atoms with Crippen molar-refractivity contribution in [2.24, 2.45) is 0 Å². The molecule has 2 aliphatic heterocycles. The van der Waals surface area contributed by atoms with Crippen molar-refractivity contribution in [2.75, 3.05) is 19.9 Å². The number of hydrogen-bond acceptors (Lipinski definition) is 4. The van der Waals surface area contributed by atoms with Gasteiger partial charge in [0.05, 0.1) is 6.54 Å². The van der Waals surface area contributed by atoms with E-state index in [1.54, 1.807) is 4.90 Å². The van der Waals surface area contributed by atoms with Gasteiger partial charge in [-0.3, -0.25) is 9.59 Å². The minimum absolute atomic E-state index is 0.0866. The van der Waals surface area contributed by atoms with Crippen LogP contribution < -0.4 is 5.32 Å². The number of hydrogen-bond donors (Lipinski definition) is 1. The van der Waals surface area contributed by atoms with E-state index in [0.717, 1.165) is 26.9 Å². The average Bonchev–Trinajstić information content (AvgIpc) is 2.94. The van der Waals surface area contributed by atoms with Crippen LogP contribution in [0.5, 0.6) is 0 Å². The van der Waals surface area contributed by atoms with Gasteiger partial charge in [-0.2, -0.15) is 5.01 Å². The van der Waals surface area contributed by atoms with E-state index in [4.69, 9.17) is 0 Å². The largest absolute Gasteiger partial charge is 0.334 e. The first-order valence-electron chi connectivity index (χ1n) is 13.0. The third-order valence-electron chi connectivity index (χ3n) is 7.27. The summed E-state index contributed by atoms with van der Waals surface area (Å²) in [6, 6.07) is 22.2. The number of hydrazine groups is 1. The normalized spacial score (nSPS) is 20.1. The van der Waals surface area contributed by atoms with Crippen LogP contribution in [0, 0.1) is 0 Å². The summed E-state index contributed by atoms with van der Waals surface area (Å²) >= 11 is 0. The number of benzene rings is 3. The fourth-order valence-corrected chi connectivity index (χ4v) is 5.48. The Hall–Kier alpha value is -3.98. The van der Waals surface area contributed by atoms with E-state index < -0.39 is 25.0 Å². The lowest BCUT2D eigenvalue weighted by Gasteiger charge is -2.54. The molecule has 2 fully saturated rings. The van der Waals surface area contributed by atoms with Crippen molar-refractivity contribution >= 4 is 28.6 Å². The molecular formula is C29H32FN5O3. The van der Waals surface area contributed by atoms with Gasteiger partial charge < -0.3 is 15.1 Å². The highest BCUT2D eigenvalue weighted by molar-refractivity contribution is 5.92. The molecule has 9 heteroatoms. The van der Waals surface area contributed by atoms with Crippen LogP contribution >= 0.6 is 0 Å². The van der Waals surface area contributed by atoms with E-state index >= 15 is 0 Å². The van der Waals surface area contributed by atoms with Crippen LogP contribution in [0.2, 0.25) is 0 Å². The van der Waals surface area contributed by atoms with Gasteiger partial charge in [-0.15, -0.1) is 0 Å². The minimum Gasteiger partial charge on any atom is -0.333 e. The summed E-state index contributed by atoms with van der Waals surface area (Å²) in [5.74, 6) is -0.501. The fraction of sp³-hybridized carbons (Fsp3) is 0.345. The van der Waals surface area contributed by atoms with Gasteiger partial charge in [-0.05, 0) is 28.3 Å². The van der Waals surface area contributed by atoms with E-state index in [1.807, 2.05) is 79.7 Å². The van der Waals surface area contributed by atoms with Gasteiger partial charge in [-0.1, -0.05) is 86.1 Å². The summed E-state index contributed by atoms with van der Waals surface area (Å²) in [7, 11) is 0. The number of nitrogens with one attached hydrogen (secondary N) is 1. The quantitative estimate of drug-likeness (QED) is 0.483. The summed E-state index contributed by atoms with van der Waals surface area (Å²) in [5, 5.41) is 7.39. The fourth-order valence-electron chi connectivity index (χ4n) is 5.48. The lowest BCUT2D eigenvalue weighted by molar-refractivity contribution is -0.195. The molecule has 0 spiro atoms. The predicted octanol–water partition coefficient (Wildman–Crippen LogP) is 3.87. The third-order valence-corrected chi connectivity index (χ3v) is 7.27. The highest BCUT2D eigenvalue weighted by Crippen LogP contribution is 2.30. The lowest BCUT2D eigenvalue weighted by Crippen LogP contribution is -2.76. The van der Waals surface area contributed by atoms with Crippen molar-refractivity contribution < 1.29 is 18.8 Å². The molecule has 8 nitrogen and oxygen atoms in total. The summed E-state index contributed by atoms with van der Waals surface area (Å²) in [5.41, 5.74) is 1.88. The number of nitrogens with zero attached hydrogens (tertiary/aromatic N) is 4. The molecule has 2 aliphatic rings. The highest BCUT2D eigenvalue weighted by Gasteiger charge is 2.51. The van der Waals surface area contributed by atoms with Crippen LogP contribution in [-0.2, 0) is 22.7 Å². The molecule has 5 rings (SSSR count). The average molecular weight is 518 g/mol. The minimum atomic E-state index is -0.995. The second-order valence-electron chi connectivity index (χ2n) is 9.72. The van der Waals surface area contributed by atoms with Gasteiger partial charge in [0.25, 0.3) is 0 Å². The molecule has 1 N–H and O–H groups in total. The Morgan fingerprint density at radius 2 is 1.74 bits per heavy atom. The number of urea groups is 1. The molecule has 0 aliphatic carbocycles. The first-order chi connectivity index (χ1) is 18.5. The molecule has 4 amide bonds. The maximum absolute atomic E-state index is 14.2. The van der Waals surface area contributed by atoms with E-state index in [1.165, 1.54) is 9.91 Å². The van der Waals surface area contributed by atoms with E-state index in [2.05, 4.69) is 5.32 Å². The van der Waals surface area contributed by atoms with Crippen molar-refractivity contribution in [3.05, 3.63) is 83.9 Å². The summed E-state index contributed by atoms with van der Waals surface area (Å²) in [6.45, 7) is 1.33. The molecule has 0 bridgehead atoms. The smallest absolute Gasteiger partial charge is 0.333 e. The first-order valence-corrected chi connectivity index (χ1v) is 13.0. The number of halogens is 1. The number of carbonyl (C=O) groups excluding carboxylic acids is 3. The lowest BCUT2D eigenvalue weighted by atomic mass is 10.00. The molecule has 0 radical (unpaired) electrons. The molecule has 0 saturated carbocycles. The first kappa shape index (κ1) is 25.7. The number of carbonyl (C=O) groups is 3. The number of amides is 4. The molecule has 2 saturated heterocycles. The van der Waals surface area contributed by atoms with Crippen molar-refractivity contribution in [1.29, 1.82) is 0 Å². The second kappa shape index (κ2) is 11.2. The molecule has 3 aromatic carbocycles. The zero-order chi connectivity index (χ0) is 26.6. The predicted molar refractivity (Wildman–Crippen MR) is 142 cm³/mol. The monoisotopic (exact) mass is 517 g/mol. The Labute approximate surface area is 221 Å². The second-order valence-corrected chi connectivity index (χ2v) is 9.72. The molecule has 0 aromatic heterocycles. The highest BCUT2D eigenvalue weighted by atomic mass is 19.1. The SMILES string of the molecule is CCC[C@H]1C(=O)N(Cc2cccc3ccccc23)C[C@H]2N1C(=O)CN(CF)N2C(=O)NCc1ccccc1.